The molecule has 1 aliphatic heterocycles. The molecular weight excluding hydrogens is 565 g/mol. The molecule has 2 unspecified atom stereocenters. The fraction of sp³-hybridized carbons (Fsp3) is 0.714. The van der Waals surface area contributed by atoms with Crippen molar-refractivity contribution in [1.82, 2.24) is 0 Å². The van der Waals surface area contributed by atoms with Gasteiger partial charge in [-0.1, -0.05) is 0 Å². The highest BCUT2D eigenvalue weighted by atomic mass is 19.4. The van der Waals surface area contributed by atoms with Crippen LogP contribution in [-0.2, 0) is 19.1 Å². The van der Waals surface area contributed by atoms with E-state index in [1.165, 1.54) is 0 Å². The maximum atomic E-state index is 13.6. The number of hydrogen-bond acceptors (Lipinski definition) is 7. The number of carbonyl (C=O) groups is 2. The van der Waals surface area contributed by atoms with Crippen molar-refractivity contribution < 1.29 is 100 Å². The summed E-state index contributed by atoms with van der Waals surface area (Å²) in [6.07, 6.45) is -13.0. The Balaban J connectivity index is 3.27. The van der Waals surface area contributed by atoms with Gasteiger partial charge in [0.2, 0.25) is 5.76 Å². The van der Waals surface area contributed by atoms with Crippen molar-refractivity contribution in [2.75, 3.05) is 6.61 Å². The normalized spacial score (nSPS) is 19.9. The van der Waals surface area contributed by atoms with Crippen LogP contribution < -0.4 is 0 Å². The van der Waals surface area contributed by atoms with Gasteiger partial charge in [0.05, 0.1) is 0 Å². The van der Waals surface area contributed by atoms with Crippen LogP contribution in [0.5, 0.6) is 0 Å². The van der Waals surface area contributed by atoms with Gasteiger partial charge in [-0.3, -0.25) is 0 Å². The third-order valence-electron chi connectivity index (χ3n) is 4.26. The summed E-state index contributed by atoms with van der Waals surface area (Å²) in [5.41, 5.74) is 0. The Kier molecular flexibility index (Phi) is 7.50. The molecule has 0 amide bonds. The summed E-state index contributed by atoms with van der Waals surface area (Å²) < 4.78 is 203. The lowest BCUT2D eigenvalue weighted by atomic mass is 9.91. The first kappa shape index (κ1) is 31.2. The van der Waals surface area contributed by atoms with Crippen LogP contribution in [-0.4, -0.2) is 87.8 Å². The molecule has 1 rings (SSSR count). The third-order valence-corrected chi connectivity index (χ3v) is 4.26. The molecule has 22 heteroatoms. The molecule has 0 aromatic carbocycles. The summed E-state index contributed by atoms with van der Waals surface area (Å²) in [5.74, 6) is -58.4. The summed E-state index contributed by atoms with van der Waals surface area (Å²) in [5, 5.41) is 27.5. The second-order valence-electron chi connectivity index (χ2n) is 6.67. The third kappa shape index (κ3) is 4.21. The minimum atomic E-state index is -8.61. The molecular formula is C14H7F15O7. The first-order valence-corrected chi connectivity index (χ1v) is 8.16. The fourth-order valence-corrected chi connectivity index (χ4v) is 2.16. The van der Waals surface area contributed by atoms with Gasteiger partial charge in [0, 0.05) is 0 Å². The lowest BCUT2D eigenvalue weighted by Gasteiger charge is -2.40. The van der Waals surface area contributed by atoms with Gasteiger partial charge in [-0.15, -0.1) is 0 Å². The number of carbonyl (C=O) groups excluding carboxylic acids is 2. The fourth-order valence-electron chi connectivity index (χ4n) is 2.16. The van der Waals surface area contributed by atoms with Crippen molar-refractivity contribution in [3.63, 3.8) is 0 Å². The molecule has 0 aliphatic carbocycles. The second-order valence-corrected chi connectivity index (χ2v) is 6.67. The predicted molar refractivity (Wildman–Crippen MR) is 74.9 cm³/mol. The minimum absolute atomic E-state index is 1.57. The van der Waals surface area contributed by atoms with Crippen molar-refractivity contribution in [3.8, 4) is 0 Å². The summed E-state index contributed by atoms with van der Waals surface area (Å²) in [6, 6.07) is 0. The summed E-state index contributed by atoms with van der Waals surface area (Å²) >= 11 is 0. The molecule has 0 bridgehead atoms. The van der Waals surface area contributed by atoms with Gasteiger partial charge in [-0.2, -0.15) is 65.9 Å². The van der Waals surface area contributed by atoms with E-state index in [-0.39, 0.29) is 0 Å². The van der Waals surface area contributed by atoms with Gasteiger partial charge in [0.15, 0.2) is 11.9 Å². The Morgan fingerprint density at radius 3 is 1.53 bits per heavy atom. The molecule has 1 heterocycles. The van der Waals surface area contributed by atoms with Crippen LogP contribution in [0, 0.1) is 0 Å². The second kappa shape index (κ2) is 8.64. The Morgan fingerprint density at radius 2 is 1.17 bits per heavy atom. The van der Waals surface area contributed by atoms with E-state index in [1.54, 1.807) is 0 Å². The molecule has 0 aromatic rings. The molecule has 0 spiro atoms. The zero-order valence-electron chi connectivity index (χ0n) is 16.0. The van der Waals surface area contributed by atoms with Crippen LogP contribution in [0.1, 0.15) is 0 Å². The quantitative estimate of drug-likeness (QED) is 0.287. The molecule has 0 radical (unpaired) electrons. The van der Waals surface area contributed by atoms with Crippen molar-refractivity contribution in [1.29, 1.82) is 0 Å². The number of hydrogen-bond donors (Lipinski definition) is 3. The number of rotatable bonds is 9. The number of aliphatic hydroxyl groups is 3. The molecule has 0 fully saturated rings. The molecule has 0 aromatic heterocycles. The molecule has 1 aliphatic rings. The van der Waals surface area contributed by atoms with Crippen molar-refractivity contribution in [2.24, 2.45) is 0 Å². The number of cyclic esters (lactones) is 1. The Labute approximate surface area is 185 Å². The smallest absolute Gasteiger partial charge is 0.460 e. The van der Waals surface area contributed by atoms with E-state index in [1.807, 2.05) is 0 Å². The van der Waals surface area contributed by atoms with Crippen molar-refractivity contribution in [2.45, 2.75) is 53.9 Å². The van der Waals surface area contributed by atoms with Crippen LogP contribution in [0.3, 0.4) is 0 Å². The standard InChI is InChI=1S/C14H7F15O7/c15-8(16,7(34)35-1-2(30)5-3(31)4(32)6(33)36-5)9(17,18)10(19,20)11(21,22)12(23,24)13(25,26)14(27,28)29/h2,5,30-32H,1H2. The predicted octanol–water partition coefficient (Wildman–Crippen LogP) is 3.52. The van der Waals surface area contributed by atoms with Gasteiger partial charge in [-0.05, 0) is 0 Å². The minimum Gasteiger partial charge on any atom is -0.505 e. The Hall–Kier alpha value is -2.81. The van der Waals surface area contributed by atoms with Gasteiger partial charge in [0.25, 0.3) is 0 Å². The number of ether oxygens (including phenoxy) is 2. The molecule has 2 atom stereocenters. The van der Waals surface area contributed by atoms with E-state index < -0.39 is 84.0 Å². The maximum Gasteiger partial charge on any atom is 0.460 e. The lowest BCUT2D eigenvalue weighted by molar-refractivity contribution is -0.450. The maximum absolute atomic E-state index is 13.6. The van der Waals surface area contributed by atoms with E-state index in [4.69, 9.17) is 10.2 Å². The van der Waals surface area contributed by atoms with E-state index in [0.29, 0.717) is 0 Å². The van der Waals surface area contributed by atoms with E-state index in [2.05, 4.69) is 9.47 Å². The largest absolute Gasteiger partial charge is 0.505 e. The van der Waals surface area contributed by atoms with E-state index in [9.17, 15) is 80.6 Å². The average Bonchev–Trinajstić information content (AvgIpc) is 2.97. The van der Waals surface area contributed by atoms with Crippen LogP contribution in [0.15, 0.2) is 11.5 Å². The van der Waals surface area contributed by atoms with Crippen LogP contribution >= 0.6 is 0 Å². The molecule has 36 heavy (non-hydrogen) atoms. The van der Waals surface area contributed by atoms with Crippen molar-refractivity contribution >= 4 is 11.9 Å². The van der Waals surface area contributed by atoms with Crippen LogP contribution in [0.25, 0.3) is 0 Å². The Morgan fingerprint density at radius 1 is 0.778 bits per heavy atom. The van der Waals surface area contributed by atoms with Gasteiger partial charge in [0.1, 0.15) is 12.7 Å². The number of alkyl halides is 15. The van der Waals surface area contributed by atoms with E-state index >= 15 is 0 Å². The summed E-state index contributed by atoms with van der Waals surface area (Å²) in [7, 11) is 0. The molecule has 210 valence electrons. The first-order valence-electron chi connectivity index (χ1n) is 8.16. The Bertz CT molecular complexity index is 924. The first-order chi connectivity index (χ1) is 15.6. The highest BCUT2D eigenvalue weighted by Crippen LogP contribution is 2.62. The van der Waals surface area contributed by atoms with Crippen molar-refractivity contribution in [3.05, 3.63) is 11.5 Å². The lowest BCUT2D eigenvalue weighted by Crippen LogP contribution is -2.73. The SMILES string of the molecule is O=C1OC(C(O)COC(=O)C(F)(F)C(F)(F)C(F)(F)C(F)(F)C(F)(F)C(F)(F)C(F)(F)F)C(O)=C1O. The van der Waals surface area contributed by atoms with Gasteiger partial charge in [-0.25, -0.2) is 9.59 Å². The molecule has 0 saturated heterocycles. The van der Waals surface area contributed by atoms with Crippen LogP contribution in [0.2, 0.25) is 0 Å². The zero-order valence-corrected chi connectivity index (χ0v) is 16.0. The monoisotopic (exact) mass is 572 g/mol. The number of halogens is 15. The molecule has 0 saturated carbocycles. The topological polar surface area (TPSA) is 113 Å². The number of esters is 2. The number of aliphatic hydroxyl groups excluding tert-OH is 3. The summed E-state index contributed by atoms with van der Waals surface area (Å²) in [4.78, 5) is 22.0. The average molecular weight is 572 g/mol. The summed E-state index contributed by atoms with van der Waals surface area (Å²) in [6.45, 7) is -2.16. The van der Waals surface area contributed by atoms with Crippen LogP contribution in [0.4, 0.5) is 65.9 Å². The van der Waals surface area contributed by atoms with Gasteiger partial charge >= 0.3 is 53.7 Å². The van der Waals surface area contributed by atoms with E-state index in [0.717, 1.165) is 0 Å². The zero-order chi connectivity index (χ0) is 29.1. The molecule has 3 N–H and O–H groups in total. The van der Waals surface area contributed by atoms with Gasteiger partial charge < -0.3 is 24.8 Å². The highest BCUT2D eigenvalue weighted by molar-refractivity contribution is 5.89. The highest BCUT2D eigenvalue weighted by Gasteiger charge is 2.94. The molecule has 7 nitrogen and oxygen atoms in total.